The van der Waals surface area contributed by atoms with Crippen LogP contribution in [0.1, 0.15) is 26.3 Å². The molecule has 0 radical (unpaired) electrons. The van der Waals surface area contributed by atoms with Gasteiger partial charge < -0.3 is 14.4 Å². The van der Waals surface area contributed by atoms with Crippen LogP contribution in [0.5, 0.6) is 0 Å². The third kappa shape index (κ3) is 3.89. The van der Waals surface area contributed by atoms with Crippen molar-refractivity contribution >= 4 is 45.3 Å². The topological polar surface area (TPSA) is 55.8 Å². The minimum atomic E-state index is -0.507. The molecule has 0 saturated carbocycles. The summed E-state index contributed by atoms with van der Waals surface area (Å²) in [6, 6.07) is 32.5. The van der Waals surface area contributed by atoms with Gasteiger partial charge in [-0.15, -0.1) is 0 Å². The van der Waals surface area contributed by atoms with Crippen LogP contribution in [0.2, 0.25) is 0 Å². The standard InChI is InChI=1S/C32H25NO4/c1-32(2,3)27-29-28(36-31(27)35)26(30(34)37-29)22-15-14-21-19-25(17-16-20(21)18-22)33(23-10-6-4-7-11-23)24-12-8-5-9-13-24/h4-19H,1-3H3. The van der Waals surface area contributed by atoms with Crippen LogP contribution in [0, 0.1) is 5.41 Å². The van der Waals surface area contributed by atoms with E-state index in [1.807, 2.05) is 81.4 Å². The van der Waals surface area contributed by atoms with Crippen LogP contribution in [0.4, 0.5) is 17.1 Å². The van der Waals surface area contributed by atoms with E-state index < -0.39 is 17.4 Å². The van der Waals surface area contributed by atoms with Gasteiger partial charge in [0.25, 0.3) is 0 Å². The predicted octanol–water partition coefficient (Wildman–Crippen LogP) is 7.43. The smallest absolute Gasteiger partial charge is 0.348 e. The zero-order chi connectivity index (χ0) is 25.7. The van der Waals surface area contributed by atoms with Gasteiger partial charge in [0.15, 0.2) is 11.5 Å². The van der Waals surface area contributed by atoms with E-state index in [4.69, 9.17) is 9.47 Å². The number of anilines is 3. The maximum atomic E-state index is 12.8. The predicted molar refractivity (Wildman–Crippen MR) is 144 cm³/mol. The second kappa shape index (κ2) is 8.49. The van der Waals surface area contributed by atoms with Gasteiger partial charge in [-0.3, -0.25) is 0 Å². The average Bonchev–Trinajstić information content (AvgIpc) is 3.37. The molecule has 0 amide bonds. The number of esters is 2. The lowest BCUT2D eigenvalue weighted by Crippen LogP contribution is -2.17. The normalized spacial score (nSPS) is 15.2. The Morgan fingerprint density at radius 3 is 1.78 bits per heavy atom. The van der Waals surface area contributed by atoms with Crippen LogP contribution in [0.25, 0.3) is 16.3 Å². The molecule has 2 heterocycles. The first-order valence-corrected chi connectivity index (χ1v) is 12.2. The maximum absolute atomic E-state index is 12.8. The van der Waals surface area contributed by atoms with Gasteiger partial charge in [-0.05, 0) is 64.2 Å². The molecule has 5 nitrogen and oxygen atoms in total. The Morgan fingerprint density at radius 1 is 0.595 bits per heavy atom. The lowest BCUT2D eigenvalue weighted by Gasteiger charge is -2.25. The Hall–Kier alpha value is -4.64. The van der Waals surface area contributed by atoms with Crippen molar-refractivity contribution in [1.82, 2.24) is 0 Å². The summed E-state index contributed by atoms with van der Waals surface area (Å²) in [6.45, 7) is 5.69. The molecular formula is C32H25NO4. The molecule has 37 heavy (non-hydrogen) atoms. The summed E-state index contributed by atoms with van der Waals surface area (Å²) in [5.41, 5.74) is 3.95. The summed E-state index contributed by atoms with van der Waals surface area (Å²) >= 11 is 0. The summed E-state index contributed by atoms with van der Waals surface area (Å²) in [7, 11) is 0. The Balaban J connectivity index is 1.43. The molecule has 4 aromatic carbocycles. The Bertz CT molecular complexity index is 1590. The van der Waals surface area contributed by atoms with Crippen LogP contribution in [-0.4, -0.2) is 11.9 Å². The number of para-hydroxylation sites is 2. The molecular weight excluding hydrogens is 462 g/mol. The van der Waals surface area contributed by atoms with Crippen molar-refractivity contribution in [2.45, 2.75) is 20.8 Å². The largest absolute Gasteiger partial charge is 0.418 e. The quantitative estimate of drug-likeness (QED) is 0.280. The fourth-order valence-electron chi connectivity index (χ4n) is 4.92. The molecule has 2 aliphatic heterocycles. The number of rotatable bonds is 4. The van der Waals surface area contributed by atoms with E-state index in [1.54, 1.807) is 0 Å². The highest BCUT2D eigenvalue weighted by Crippen LogP contribution is 2.46. The summed E-state index contributed by atoms with van der Waals surface area (Å²) in [6.07, 6.45) is 0. The molecule has 0 fully saturated rings. The SMILES string of the molecule is CC(C)(C)C1=C2OC(=O)C(c3ccc4cc(N(c5ccccc5)c5ccccc5)ccc4c3)=C2OC1=O. The van der Waals surface area contributed by atoms with E-state index in [2.05, 4.69) is 41.3 Å². The Kier molecular flexibility index (Phi) is 5.23. The number of hydrogen-bond donors (Lipinski definition) is 0. The number of carbonyl (C=O) groups excluding carboxylic acids is 2. The molecule has 0 unspecified atom stereocenters. The number of ether oxygens (including phenoxy) is 2. The van der Waals surface area contributed by atoms with Gasteiger partial charge in [0.1, 0.15) is 5.57 Å². The van der Waals surface area contributed by atoms with Crippen molar-refractivity contribution < 1.29 is 19.1 Å². The van der Waals surface area contributed by atoms with Gasteiger partial charge in [-0.2, -0.15) is 0 Å². The van der Waals surface area contributed by atoms with E-state index in [9.17, 15) is 9.59 Å². The lowest BCUT2D eigenvalue weighted by atomic mass is 9.86. The Labute approximate surface area is 215 Å². The van der Waals surface area contributed by atoms with Gasteiger partial charge in [0.05, 0.1) is 5.57 Å². The summed E-state index contributed by atoms with van der Waals surface area (Å²) in [5, 5.41) is 1.98. The van der Waals surface area contributed by atoms with E-state index in [1.165, 1.54) is 0 Å². The fourth-order valence-corrected chi connectivity index (χ4v) is 4.92. The molecule has 0 atom stereocenters. The average molecular weight is 488 g/mol. The highest BCUT2D eigenvalue weighted by Gasteiger charge is 2.46. The van der Waals surface area contributed by atoms with E-state index in [0.717, 1.165) is 27.8 Å². The maximum Gasteiger partial charge on any atom is 0.348 e. The Morgan fingerprint density at radius 2 is 1.16 bits per heavy atom. The van der Waals surface area contributed by atoms with Crippen LogP contribution < -0.4 is 4.90 Å². The van der Waals surface area contributed by atoms with Crippen molar-refractivity contribution in [3.8, 4) is 0 Å². The van der Waals surface area contributed by atoms with Crippen LogP contribution in [-0.2, 0) is 19.1 Å². The summed E-state index contributed by atoms with van der Waals surface area (Å²) < 4.78 is 11.1. The zero-order valence-corrected chi connectivity index (χ0v) is 20.8. The molecule has 2 aliphatic rings. The van der Waals surface area contributed by atoms with Crippen molar-refractivity contribution in [3.05, 3.63) is 120 Å². The highest BCUT2D eigenvalue weighted by molar-refractivity contribution is 6.23. The monoisotopic (exact) mass is 487 g/mol. The number of fused-ring (bicyclic) bond motifs is 2. The first kappa shape index (κ1) is 22.8. The second-order valence-electron chi connectivity index (χ2n) is 10.2. The first-order valence-electron chi connectivity index (χ1n) is 12.2. The van der Waals surface area contributed by atoms with Crippen LogP contribution in [0.15, 0.2) is 114 Å². The lowest BCUT2D eigenvalue weighted by molar-refractivity contribution is -0.134. The minimum absolute atomic E-state index is 0.218. The molecule has 0 aliphatic carbocycles. The summed E-state index contributed by atoms with van der Waals surface area (Å²) in [4.78, 5) is 27.6. The molecule has 0 bridgehead atoms. The third-order valence-electron chi connectivity index (χ3n) is 6.61. The third-order valence-corrected chi connectivity index (χ3v) is 6.61. The molecule has 182 valence electrons. The number of benzene rings is 4. The second-order valence-corrected chi connectivity index (χ2v) is 10.2. The van der Waals surface area contributed by atoms with Gasteiger partial charge in [0.2, 0.25) is 0 Å². The number of carbonyl (C=O) groups is 2. The van der Waals surface area contributed by atoms with E-state index in [-0.39, 0.29) is 17.1 Å². The molecule has 6 rings (SSSR count). The summed E-state index contributed by atoms with van der Waals surface area (Å²) in [5.74, 6) is -0.506. The molecule has 5 heteroatoms. The number of nitrogens with zero attached hydrogens (tertiary/aromatic N) is 1. The zero-order valence-electron chi connectivity index (χ0n) is 20.8. The fraction of sp³-hybridized carbons (Fsp3) is 0.125. The highest BCUT2D eigenvalue weighted by atomic mass is 16.6. The van der Waals surface area contributed by atoms with Crippen molar-refractivity contribution in [2.75, 3.05) is 4.90 Å². The molecule has 0 spiro atoms. The van der Waals surface area contributed by atoms with Crippen molar-refractivity contribution in [2.24, 2.45) is 5.41 Å². The van der Waals surface area contributed by atoms with Crippen LogP contribution >= 0.6 is 0 Å². The molecule has 0 aromatic heterocycles. The van der Waals surface area contributed by atoms with Crippen molar-refractivity contribution in [1.29, 1.82) is 0 Å². The van der Waals surface area contributed by atoms with Gasteiger partial charge in [0, 0.05) is 17.1 Å². The first-order chi connectivity index (χ1) is 17.8. The van der Waals surface area contributed by atoms with E-state index in [0.29, 0.717) is 11.1 Å². The molecule has 0 N–H and O–H groups in total. The van der Waals surface area contributed by atoms with Crippen molar-refractivity contribution in [3.63, 3.8) is 0 Å². The number of hydrogen-bond acceptors (Lipinski definition) is 5. The van der Waals surface area contributed by atoms with E-state index >= 15 is 0 Å². The molecule has 4 aromatic rings. The van der Waals surface area contributed by atoms with Crippen LogP contribution in [0.3, 0.4) is 0 Å². The van der Waals surface area contributed by atoms with Gasteiger partial charge in [-0.1, -0.05) is 75.4 Å². The molecule has 0 saturated heterocycles. The van der Waals surface area contributed by atoms with Gasteiger partial charge in [-0.25, -0.2) is 9.59 Å². The minimum Gasteiger partial charge on any atom is -0.418 e. The van der Waals surface area contributed by atoms with Gasteiger partial charge >= 0.3 is 11.9 Å².